The minimum atomic E-state index is -0.446. The summed E-state index contributed by atoms with van der Waals surface area (Å²) in [6.45, 7) is 1.45. The number of ether oxygens (including phenoxy) is 1. The Bertz CT molecular complexity index is 544. The van der Waals surface area contributed by atoms with Gasteiger partial charge in [0.25, 0.3) is 5.69 Å². The van der Waals surface area contributed by atoms with Crippen LogP contribution < -0.4 is 10.7 Å². The maximum atomic E-state index is 10.6. The molecule has 1 aromatic rings. The van der Waals surface area contributed by atoms with Crippen molar-refractivity contribution >= 4 is 29.2 Å². The van der Waals surface area contributed by atoms with Gasteiger partial charge in [0.05, 0.1) is 17.2 Å². The normalized spacial score (nSPS) is 17.8. The van der Waals surface area contributed by atoms with E-state index in [4.69, 9.17) is 17.0 Å². The van der Waals surface area contributed by atoms with Gasteiger partial charge >= 0.3 is 0 Å². The average molecular weight is 308 g/mol. The summed E-state index contributed by atoms with van der Waals surface area (Å²) in [4.78, 5) is 10.2. The molecule has 1 fully saturated rings. The van der Waals surface area contributed by atoms with Crippen LogP contribution in [0.1, 0.15) is 18.4 Å². The van der Waals surface area contributed by atoms with E-state index in [1.54, 1.807) is 12.1 Å². The van der Waals surface area contributed by atoms with E-state index in [0.717, 1.165) is 19.4 Å². The van der Waals surface area contributed by atoms with Gasteiger partial charge in [0.15, 0.2) is 5.11 Å². The molecular weight excluding hydrogens is 292 g/mol. The lowest BCUT2D eigenvalue weighted by Crippen LogP contribution is -2.37. The Morgan fingerprint density at radius 3 is 3.19 bits per heavy atom. The predicted molar refractivity (Wildman–Crippen MR) is 83.4 cm³/mol. The molecule has 0 aromatic heterocycles. The highest BCUT2D eigenvalue weighted by Crippen LogP contribution is 2.11. The van der Waals surface area contributed by atoms with Crippen LogP contribution in [0.2, 0.25) is 0 Å². The lowest BCUT2D eigenvalue weighted by Gasteiger charge is -2.11. The van der Waals surface area contributed by atoms with Crippen molar-refractivity contribution in [3.8, 4) is 0 Å². The fourth-order valence-electron chi connectivity index (χ4n) is 1.94. The second-order valence-electron chi connectivity index (χ2n) is 4.57. The summed E-state index contributed by atoms with van der Waals surface area (Å²) in [5, 5.41) is 18.0. The van der Waals surface area contributed by atoms with Gasteiger partial charge < -0.3 is 10.1 Å². The number of benzene rings is 1. The van der Waals surface area contributed by atoms with E-state index in [0.29, 0.717) is 17.2 Å². The summed E-state index contributed by atoms with van der Waals surface area (Å²) < 4.78 is 5.46. The number of nitrogens with zero attached hydrogens (tertiary/aromatic N) is 2. The van der Waals surface area contributed by atoms with Gasteiger partial charge in [0.2, 0.25) is 0 Å². The van der Waals surface area contributed by atoms with E-state index in [1.165, 1.54) is 18.3 Å². The third kappa shape index (κ3) is 5.09. The van der Waals surface area contributed by atoms with Gasteiger partial charge in [0, 0.05) is 30.8 Å². The van der Waals surface area contributed by atoms with Crippen LogP contribution in [0.15, 0.2) is 29.4 Å². The summed E-state index contributed by atoms with van der Waals surface area (Å²) in [6, 6.07) is 6.20. The van der Waals surface area contributed by atoms with Crippen molar-refractivity contribution in [2.75, 3.05) is 13.2 Å². The molecule has 0 aliphatic carbocycles. The van der Waals surface area contributed by atoms with Gasteiger partial charge in [-0.3, -0.25) is 15.5 Å². The number of hydrogen-bond acceptors (Lipinski definition) is 5. The van der Waals surface area contributed by atoms with Crippen LogP contribution >= 0.6 is 12.2 Å². The van der Waals surface area contributed by atoms with E-state index in [9.17, 15) is 10.1 Å². The van der Waals surface area contributed by atoms with Gasteiger partial charge in [-0.05, 0) is 25.1 Å². The first-order chi connectivity index (χ1) is 10.1. The number of nitrogens with one attached hydrogen (secondary N) is 2. The third-order valence-corrected chi connectivity index (χ3v) is 3.21. The Hall–Kier alpha value is -2.06. The molecule has 1 aliphatic heterocycles. The SMILES string of the molecule is O=[N+]([O-])c1cccc(/C=N\NC(=S)NC[C@@H]2CCCO2)c1. The zero-order valence-corrected chi connectivity index (χ0v) is 12.1. The molecule has 0 spiro atoms. The fourth-order valence-corrected chi connectivity index (χ4v) is 2.07. The van der Waals surface area contributed by atoms with Crippen molar-refractivity contribution < 1.29 is 9.66 Å². The third-order valence-electron chi connectivity index (χ3n) is 2.98. The first-order valence-electron chi connectivity index (χ1n) is 6.58. The molecule has 1 heterocycles. The standard InChI is InChI=1S/C13H16N4O3S/c18-17(19)11-4-1-3-10(7-11)8-15-16-13(21)14-9-12-5-2-6-20-12/h1,3-4,7-8,12H,2,5-6,9H2,(H2,14,16,21)/b15-8-/t12-/m0/s1. The Labute approximate surface area is 127 Å². The van der Waals surface area contributed by atoms with Crippen molar-refractivity contribution in [1.29, 1.82) is 0 Å². The van der Waals surface area contributed by atoms with Crippen molar-refractivity contribution in [3.05, 3.63) is 39.9 Å². The van der Waals surface area contributed by atoms with Crippen LogP contribution in [0, 0.1) is 10.1 Å². The topological polar surface area (TPSA) is 88.8 Å². The molecule has 0 bridgehead atoms. The Morgan fingerprint density at radius 2 is 2.48 bits per heavy atom. The average Bonchev–Trinajstić information content (AvgIpc) is 2.99. The molecule has 2 N–H and O–H groups in total. The van der Waals surface area contributed by atoms with Gasteiger partial charge in [-0.15, -0.1) is 0 Å². The maximum absolute atomic E-state index is 10.6. The van der Waals surface area contributed by atoms with E-state index in [1.807, 2.05) is 0 Å². The zero-order valence-electron chi connectivity index (χ0n) is 11.3. The lowest BCUT2D eigenvalue weighted by molar-refractivity contribution is -0.384. The Morgan fingerprint density at radius 1 is 1.62 bits per heavy atom. The highest BCUT2D eigenvalue weighted by Gasteiger charge is 2.14. The number of rotatable bonds is 5. The van der Waals surface area contributed by atoms with Crippen molar-refractivity contribution in [2.24, 2.45) is 5.10 Å². The molecule has 0 unspecified atom stereocenters. The minimum absolute atomic E-state index is 0.0260. The van der Waals surface area contributed by atoms with Crippen LogP contribution in [0.4, 0.5) is 5.69 Å². The summed E-state index contributed by atoms with van der Waals surface area (Å²) in [6.07, 6.45) is 3.79. The van der Waals surface area contributed by atoms with Gasteiger partial charge in [0.1, 0.15) is 0 Å². The summed E-state index contributed by atoms with van der Waals surface area (Å²) in [5.41, 5.74) is 3.32. The second kappa shape index (κ2) is 7.65. The van der Waals surface area contributed by atoms with Crippen LogP contribution in [-0.2, 0) is 4.74 Å². The molecule has 1 aromatic carbocycles. The molecular formula is C13H16N4O3S. The van der Waals surface area contributed by atoms with Crippen LogP contribution in [0.25, 0.3) is 0 Å². The Kier molecular flexibility index (Phi) is 5.59. The van der Waals surface area contributed by atoms with E-state index in [2.05, 4.69) is 15.8 Å². The van der Waals surface area contributed by atoms with Gasteiger partial charge in [-0.1, -0.05) is 12.1 Å². The lowest BCUT2D eigenvalue weighted by atomic mass is 10.2. The zero-order chi connectivity index (χ0) is 15.1. The van der Waals surface area contributed by atoms with Gasteiger partial charge in [-0.2, -0.15) is 5.10 Å². The highest BCUT2D eigenvalue weighted by molar-refractivity contribution is 7.80. The monoisotopic (exact) mass is 308 g/mol. The number of hydrazone groups is 1. The molecule has 7 nitrogen and oxygen atoms in total. The van der Waals surface area contributed by atoms with Crippen LogP contribution in [0.3, 0.4) is 0 Å². The maximum Gasteiger partial charge on any atom is 0.270 e. The fraction of sp³-hybridized carbons (Fsp3) is 0.385. The molecule has 1 saturated heterocycles. The van der Waals surface area contributed by atoms with E-state index in [-0.39, 0.29) is 11.8 Å². The molecule has 0 radical (unpaired) electrons. The first kappa shape index (κ1) is 15.3. The molecule has 112 valence electrons. The number of hydrogen-bond donors (Lipinski definition) is 2. The molecule has 2 rings (SSSR count). The quantitative estimate of drug-likeness (QED) is 0.371. The Balaban J connectivity index is 1.77. The molecule has 21 heavy (non-hydrogen) atoms. The minimum Gasteiger partial charge on any atom is -0.376 e. The van der Waals surface area contributed by atoms with Crippen molar-refractivity contribution in [3.63, 3.8) is 0 Å². The molecule has 0 amide bonds. The number of nitro benzene ring substituents is 1. The smallest absolute Gasteiger partial charge is 0.270 e. The number of nitro groups is 1. The van der Waals surface area contributed by atoms with Crippen molar-refractivity contribution in [1.82, 2.24) is 10.7 Å². The number of thiocarbonyl (C=S) groups is 1. The highest BCUT2D eigenvalue weighted by atomic mass is 32.1. The van der Waals surface area contributed by atoms with E-state index < -0.39 is 4.92 Å². The summed E-state index contributed by atoms with van der Waals surface area (Å²) in [7, 11) is 0. The second-order valence-corrected chi connectivity index (χ2v) is 4.98. The molecule has 0 saturated carbocycles. The van der Waals surface area contributed by atoms with Gasteiger partial charge in [-0.25, -0.2) is 0 Å². The summed E-state index contributed by atoms with van der Waals surface area (Å²) >= 11 is 5.07. The predicted octanol–water partition coefficient (Wildman–Crippen LogP) is 1.57. The largest absolute Gasteiger partial charge is 0.376 e. The first-order valence-corrected chi connectivity index (χ1v) is 6.99. The summed E-state index contributed by atoms with van der Waals surface area (Å²) in [5.74, 6) is 0. The molecule has 1 aliphatic rings. The van der Waals surface area contributed by atoms with Crippen LogP contribution in [-0.4, -0.2) is 35.5 Å². The number of non-ortho nitro benzene ring substituents is 1. The van der Waals surface area contributed by atoms with Crippen molar-refractivity contribution in [2.45, 2.75) is 18.9 Å². The molecule has 8 heteroatoms. The van der Waals surface area contributed by atoms with E-state index >= 15 is 0 Å². The van der Waals surface area contributed by atoms with Crippen LogP contribution in [0.5, 0.6) is 0 Å². The molecule has 1 atom stereocenters.